The fourth-order valence-electron chi connectivity index (χ4n) is 3.27. The smallest absolute Gasteiger partial charge is 0.238 e. The van der Waals surface area contributed by atoms with E-state index in [0.717, 1.165) is 22.6 Å². The van der Waals surface area contributed by atoms with E-state index in [1.54, 1.807) is 12.1 Å². The van der Waals surface area contributed by atoms with Crippen molar-refractivity contribution < 1.29 is 14.0 Å². The summed E-state index contributed by atoms with van der Waals surface area (Å²) in [6, 6.07) is 14.0. The number of rotatable bonds is 7. The maximum absolute atomic E-state index is 12.9. The van der Waals surface area contributed by atoms with Crippen molar-refractivity contribution >= 4 is 29.3 Å². The van der Waals surface area contributed by atoms with Gasteiger partial charge in [-0.2, -0.15) is 0 Å². The number of hydrogen-bond acceptors (Lipinski definition) is 4. The fourth-order valence-corrected chi connectivity index (χ4v) is 4.07. The molecule has 3 rings (SSSR count). The number of aryl methyl sites for hydroxylation is 1. The van der Waals surface area contributed by atoms with E-state index in [2.05, 4.69) is 17.1 Å². The van der Waals surface area contributed by atoms with Gasteiger partial charge in [-0.3, -0.25) is 14.5 Å². The summed E-state index contributed by atoms with van der Waals surface area (Å²) < 4.78 is 12.9. The monoisotopic (exact) mass is 415 g/mol. The average molecular weight is 416 g/mol. The minimum Gasteiger partial charge on any atom is -0.339 e. The summed E-state index contributed by atoms with van der Waals surface area (Å²) in [5, 5.41) is 2.99. The second kappa shape index (κ2) is 10.4. The summed E-state index contributed by atoms with van der Waals surface area (Å²) in [6.45, 7) is 4.97. The minimum absolute atomic E-state index is 0.0301. The molecule has 0 aliphatic carbocycles. The van der Waals surface area contributed by atoms with Gasteiger partial charge in [0.2, 0.25) is 11.8 Å². The normalized spacial score (nSPS) is 14.6. The number of thioether (sulfide) groups is 1. The maximum atomic E-state index is 12.9. The molecule has 154 valence electrons. The molecule has 0 unspecified atom stereocenters. The van der Waals surface area contributed by atoms with Gasteiger partial charge in [-0.05, 0) is 42.3 Å². The van der Waals surface area contributed by atoms with E-state index >= 15 is 0 Å². The van der Waals surface area contributed by atoms with Crippen molar-refractivity contribution in [3.8, 4) is 0 Å². The molecule has 0 bridgehead atoms. The summed E-state index contributed by atoms with van der Waals surface area (Å²) in [5.74, 6) is 0.0942. The van der Waals surface area contributed by atoms with Gasteiger partial charge in [-0.15, -0.1) is 11.8 Å². The molecule has 1 saturated heterocycles. The second-order valence-electron chi connectivity index (χ2n) is 6.96. The highest BCUT2D eigenvalue weighted by molar-refractivity contribution is 8.00. The predicted molar refractivity (Wildman–Crippen MR) is 115 cm³/mol. The van der Waals surface area contributed by atoms with E-state index < -0.39 is 0 Å². The molecule has 0 saturated carbocycles. The van der Waals surface area contributed by atoms with Crippen LogP contribution >= 0.6 is 11.8 Å². The molecule has 1 N–H and O–H groups in total. The number of hydrogen-bond donors (Lipinski definition) is 1. The Bertz CT molecular complexity index is 836. The zero-order chi connectivity index (χ0) is 20.6. The quantitative estimate of drug-likeness (QED) is 0.706. The Kier molecular flexibility index (Phi) is 7.66. The SMILES string of the molecule is CCc1ccccc1NC(=O)CN1CCN(C(=O)CSc2ccc(F)cc2)CC1. The number of amides is 2. The van der Waals surface area contributed by atoms with Crippen LogP contribution in [0.3, 0.4) is 0 Å². The third-order valence-corrected chi connectivity index (χ3v) is 5.94. The number of anilines is 1. The van der Waals surface area contributed by atoms with Crippen LogP contribution in [-0.4, -0.2) is 60.1 Å². The molecule has 1 heterocycles. The van der Waals surface area contributed by atoms with Crippen molar-refractivity contribution in [1.82, 2.24) is 9.80 Å². The highest BCUT2D eigenvalue weighted by Crippen LogP contribution is 2.19. The predicted octanol–water partition coefficient (Wildman–Crippen LogP) is 3.26. The summed E-state index contributed by atoms with van der Waals surface area (Å²) >= 11 is 1.41. The standard InChI is InChI=1S/C22H26FN3O2S/c1-2-17-5-3-4-6-20(17)24-21(27)15-25-11-13-26(14-12-25)22(28)16-29-19-9-7-18(23)8-10-19/h3-10H,2,11-16H2,1H3,(H,24,27). The number of nitrogens with one attached hydrogen (secondary N) is 1. The van der Waals surface area contributed by atoms with E-state index in [9.17, 15) is 14.0 Å². The van der Waals surface area contributed by atoms with Crippen LogP contribution in [0.15, 0.2) is 53.4 Å². The maximum Gasteiger partial charge on any atom is 0.238 e. The van der Waals surface area contributed by atoms with Crippen LogP contribution in [0.2, 0.25) is 0 Å². The van der Waals surface area contributed by atoms with Crippen molar-refractivity contribution in [1.29, 1.82) is 0 Å². The van der Waals surface area contributed by atoms with E-state index in [1.165, 1.54) is 23.9 Å². The summed E-state index contributed by atoms with van der Waals surface area (Å²) in [4.78, 5) is 29.6. The molecule has 1 fully saturated rings. The summed E-state index contributed by atoms with van der Waals surface area (Å²) in [5.41, 5.74) is 1.99. The van der Waals surface area contributed by atoms with Crippen LogP contribution in [0.4, 0.5) is 10.1 Å². The fraction of sp³-hybridized carbons (Fsp3) is 0.364. The lowest BCUT2D eigenvalue weighted by atomic mass is 10.1. The van der Waals surface area contributed by atoms with Gasteiger partial charge in [-0.1, -0.05) is 25.1 Å². The average Bonchev–Trinajstić information content (AvgIpc) is 2.74. The zero-order valence-corrected chi connectivity index (χ0v) is 17.4. The van der Waals surface area contributed by atoms with Crippen molar-refractivity contribution in [3.05, 3.63) is 59.9 Å². The second-order valence-corrected chi connectivity index (χ2v) is 8.01. The van der Waals surface area contributed by atoms with Gasteiger partial charge >= 0.3 is 0 Å². The lowest BCUT2D eigenvalue weighted by Crippen LogP contribution is -2.50. The number of carbonyl (C=O) groups is 2. The summed E-state index contributed by atoms with van der Waals surface area (Å²) in [7, 11) is 0. The molecule has 29 heavy (non-hydrogen) atoms. The molecule has 2 aromatic rings. The van der Waals surface area contributed by atoms with Crippen LogP contribution in [0, 0.1) is 5.82 Å². The first kappa shape index (κ1) is 21.3. The topological polar surface area (TPSA) is 52.7 Å². The Balaban J connectivity index is 1.41. The lowest BCUT2D eigenvalue weighted by molar-refractivity contribution is -0.130. The van der Waals surface area contributed by atoms with E-state index in [-0.39, 0.29) is 17.6 Å². The largest absolute Gasteiger partial charge is 0.339 e. The van der Waals surface area contributed by atoms with Gasteiger partial charge < -0.3 is 10.2 Å². The zero-order valence-electron chi connectivity index (χ0n) is 16.6. The van der Waals surface area contributed by atoms with Gasteiger partial charge in [0.1, 0.15) is 5.82 Å². The number of nitrogens with zero attached hydrogens (tertiary/aromatic N) is 2. The molecular formula is C22H26FN3O2S. The summed E-state index contributed by atoms with van der Waals surface area (Å²) in [6.07, 6.45) is 0.868. The van der Waals surface area contributed by atoms with Crippen LogP contribution in [0.5, 0.6) is 0 Å². The van der Waals surface area contributed by atoms with Crippen molar-refractivity contribution in [2.45, 2.75) is 18.2 Å². The first-order valence-electron chi connectivity index (χ1n) is 9.81. The first-order chi connectivity index (χ1) is 14.0. The Morgan fingerprint density at radius 1 is 1.03 bits per heavy atom. The van der Waals surface area contributed by atoms with Crippen LogP contribution in [-0.2, 0) is 16.0 Å². The molecule has 0 radical (unpaired) electrons. The van der Waals surface area contributed by atoms with Gasteiger partial charge in [-0.25, -0.2) is 4.39 Å². The van der Waals surface area contributed by atoms with Crippen molar-refractivity contribution in [3.63, 3.8) is 0 Å². The Labute approximate surface area is 175 Å². The van der Waals surface area contributed by atoms with Gasteiger partial charge in [0, 0.05) is 36.8 Å². The molecule has 0 atom stereocenters. The van der Waals surface area contributed by atoms with E-state index in [1.807, 2.05) is 29.2 Å². The Hall–Kier alpha value is -2.38. The molecule has 2 aromatic carbocycles. The van der Waals surface area contributed by atoms with Crippen LogP contribution in [0.25, 0.3) is 0 Å². The van der Waals surface area contributed by atoms with E-state index in [4.69, 9.17) is 0 Å². The minimum atomic E-state index is -0.279. The number of benzene rings is 2. The molecule has 1 aliphatic rings. The molecule has 0 aromatic heterocycles. The third kappa shape index (κ3) is 6.30. The van der Waals surface area contributed by atoms with E-state index in [0.29, 0.717) is 38.5 Å². The third-order valence-electron chi connectivity index (χ3n) is 4.94. The van der Waals surface area contributed by atoms with Gasteiger partial charge in [0.25, 0.3) is 0 Å². The Morgan fingerprint density at radius 2 is 1.72 bits per heavy atom. The van der Waals surface area contributed by atoms with Gasteiger partial charge in [0.05, 0.1) is 12.3 Å². The molecule has 0 spiro atoms. The van der Waals surface area contributed by atoms with Crippen molar-refractivity contribution in [2.24, 2.45) is 0 Å². The van der Waals surface area contributed by atoms with Crippen LogP contribution in [0.1, 0.15) is 12.5 Å². The number of para-hydroxylation sites is 1. The number of piperazine rings is 1. The van der Waals surface area contributed by atoms with Crippen LogP contribution < -0.4 is 5.32 Å². The lowest BCUT2D eigenvalue weighted by Gasteiger charge is -2.34. The molecule has 7 heteroatoms. The molecule has 2 amide bonds. The molecule has 1 aliphatic heterocycles. The highest BCUT2D eigenvalue weighted by atomic mass is 32.2. The molecular weight excluding hydrogens is 389 g/mol. The Morgan fingerprint density at radius 3 is 2.41 bits per heavy atom. The van der Waals surface area contributed by atoms with Crippen molar-refractivity contribution in [2.75, 3.05) is 43.8 Å². The molecule has 5 nitrogen and oxygen atoms in total. The highest BCUT2D eigenvalue weighted by Gasteiger charge is 2.22. The number of halogens is 1. The van der Waals surface area contributed by atoms with Gasteiger partial charge in [0.15, 0.2) is 0 Å². The first-order valence-corrected chi connectivity index (χ1v) is 10.8. The number of carbonyl (C=O) groups excluding carboxylic acids is 2.